The SMILES string of the molecule is CCc1cc(C(=O)N2CC3CCC(C2)O3)cc(NC)n1. The van der Waals surface area contributed by atoms with E-state index in [-0.39, 0.29) is 18.1 Å². The molecule has 20 heavy (non-hydrogen) atoms. The Kier molecular flexibility index (Phi) is 3.61. The van der Waals surface area contributed by atoms with Crippen molar-refractivity contribution < 1.29 is 9.53 Å². The van der Waals surface area contributed by atoms with E-state index in [0.717, 1.165) is 36.3 Å². The molecule has 2 aliphatic rings. The number of pyridine rings is 1. The van der Waals surface area contributed by atoms with E-state index in [0.29, 0.717) is 13.1 Å². The van der Waals surface area contributed by atoms with Gasteiger partial charge >= 0.3 is 0 Å². The Labute approximate surface area is 119 Å². The predicted octanol–water partition coefficient (Wildman–Crippen LogP) is 1.69. The first-order valence-corrected chi connectivity index (χ1v) is 7.33. The number of fused-ring (bicyclic) bond motifs is 2. The maximum Gasteiger partial charge on any atom is 0.254 e. The van der Waals surface area contributed by atoms with E-state index in [2.05, 4.69) is 10.3 Å². The topological polar surface area (TPSA) is 54.5 Å². The summed E-state index contributed by atoms with van der Waals surface area (Å²) >= 11 is 0. The Hall–Kier alpha value is -1.62. The summed E-state index contributed by atoms with van der Waals surface area (Å²) in [5, 5.41) is 3.02. The number of nitrogens with one attached hydrogen (secondary N) is 1. The number of morpholine rings is 1. The quantitative estimate of drug-likeness (QED) is 0.912. The average Bonchev–Trinajstić information content (AvgIpc) is 2.84. The van der Waals surface area contributed by atoms with Crippen LogP contribution >= 0.6 is 0 Å². The van der Waals surface area contributed by atoms with E-state index < -0.39 is 0 Å². The van der Waals surface area contributed by atoms with Gasteiger partial charge in [0, 0.05) is 31.4 Å². The standard InChI is InChI=1S/C15H21N3O2/c1-3-11-6-10(7-14(16-2)17-11)15(19)18-8-12-4-5-13(9-18)20-12/h6-7,12-13H,3-5,8-9H2,1-2H3,(H,16,17). The van der Waals surface area contributed by atoms with E-state index in [4.69, 9.17) is 4.74 Å². The van der Waals surface area contributed by atoms with Crippen molar-refractivity contribution in [3.8, 4) is 0 Å². The van der Waals surface area contributed by atoms with Gasteiger partial charge in [-0.2, -0.15) is 0 Å². The van der Waals surface area contributed by atoms with Crippen LogP contribution < -0.4 is 5.32 Å². The largest absolute Gasteiger partial charge is 0.373 e. The van der Waals surface area contributed by atoms with Crippen LogP contribution in [0.4, 0.5) is 5.82 Å². The van der Waals surface area contributed by atoms with Crippen LogP contribution in [-0.2, 0) is 11.2 Å². The number of aryl methyl sites for hydroxylation is 1. The summed E-state index contributed by atoms with van der Waals surface area (Å²) in [6.45, 7) is 3.48. The van der Waals surface area contributed by atoms with E-state index in [9.17, 15) is 4.79 Å². The molecule has 1 amide bonds. The van der Waals surface area contributed by atoms with Crippen molar-refractivity contribution >= 4 is 11.7 Å². The highest BCUT2D eigenvalue weighted by atomic mass is 16.5. The Bertz CT molecular complexity index is 484. The maximum absolute atomic E-state index is 12.7. The summed E-state index contributed by atoms with van der Waals surface area (Å²) in [6.07, 6.45) is 3.44. The molecule has 0 radical (unpaired) electrons. The average molecular weight is 275 g/mol. The van der Waals surface area contributed by atoms with Crippen LogP contribution in [0, 0.1) is 0 Å². The third kappa shape index (κ3) is 2.50. The Balaban J connectivity index is 1.82. The third-order valence-corrected chi connectivity index (χ3v) is 4.07. The molecule has 3 heterocycles. The van der Waals surface area contributed by atoms with Gasteiger partial charge < -0.3 is 15.0 Å². The zero-order valence-corrected chi connectivity index (χ0v) is 12.1. The number of ether oxygens (including phenoxy) is 1. The van der Waals surface area contributed by atoms with Crippen LogP contribution in [0.5, 0.6) is 0 Å². The first-order valence-electron chi connectivity index (χ1n) is 7.33. The molecule has 2 unspecified atom stereocenters. The second-order valence-corrected chi connectivity index (χ2v) is 5.50. The molecule has 2 atom stereocenters. The first-order chi connectivity index (χ1) is 9.69. The van der Waals surface area contributed by atoms with Gasteiger partial charge in [-0.1, -0.05) is 6.92 Å². The van der Waals surface area contributed by atoms with Gasteiger partial charge in [0.15, 0.2) is 0 Å². The van der Waals surface area contributed by atoms with E-state index in [1.807, 2.05) is 31.0 Å². The highest BCUT2D eigenvalue weighted by Crippen LogP contribution is 2.27. The number of carbonyl (C=O) groups is 1. The summed E-state index contributed by atoms with van der Waals surface area (Å²) in [5.74, 6) is 0.850. The smallest absolute Gasteiger partial charge is 0.254 e. The van der Waals surface area contributed by atoms with Gasteiger partial charge in [-0.15, -0.1) is 0 Å². The fourth-order valence-electron chi connectivity index (χ4n) is 2.98. The second kappa shape index (κ2) is 5.40. The number of hydrogen-bond acceptors (Lipinski definition) is 4. The lowest BCUT2D eigenvalue weighted by Crippen LogP contribution is -2.45. The van der Waals surface area contributed by atoms with Gasteiger partial charge in [-0.25, -0.2) is 4.98 Å². The molecule has 5 nitrogen and oxygen atoms in total. The minimum Gasteiger partial charge on any atom is -0.373 e. The summed E-state index contributed by atoms with van der Waals surface area (Å²) in [4.78, 5) is 19.0. The molecule has 0 aromatic carbocycles. The molecule has 0 spiro atoms. The van der Waals surface area contributed by atoms with Crippen molar-refractivity contribution in [1.29, 1.82) is 0 Å². The van der Waals surface area contributed by atoms with Crippen LogP contribution in [-0.4, -0.2) is 48.1 Å². The molecule has 108 valence electrons. The van der Waals surface area contributed by atoms with Gasteiger partial charge in [0.1, 0.15) is 5.82 Å². The number of nitrogens with zero attached hydrogens (tertiary/aromatic N) is 2. The van der Waals surface area contributed by atoms with E-state index in [1.165, 1.54) is 0 Å². The second-order valence-electron chi connectivity index (χ2n) is 5.50. The van der Waals surface area contributed by atoms with Crippen molar-refractivity contribution in [1.82, 2.24) is 9.88 Å². The summed E-state index contributed by atoms with van der Waals surface area (Å²) in [7, 11) is 1.82. The van der Waals surface area contributed by atoms with Crippen LogP contribution in [0.15, 0.2) is 12.1 Å². The lowest BCUT2D eigenvalue weighted by atomic mass is 10.1. The molecule has 2 bridgehead atoms. The fourth-order valence-corrected chi connectivity index (χ4v) is 2.98. The number of hydrogen-bond donors (Lipinski definition) is 1. The number of aromatic nitrogens is 1. The minimum atomic E-state index is 0.0961. The Morgan fingerprint density at radius 2 is 2.10 bits per heavy atom. The van der Waals surface area contributed by atoms with Gasteiger partial charge in [0.2, 0.25) is 0 Å². The number of anilines is 1. The molecule has 2 aliphatic heterocycles. The monoisotopic (exact) mass is 275 g/mol. The molecule has 0 aliphatic carbocycles. The highest BCUT2D eigenvalue weighted by molar-refractivity contribution is 5.95. The summed E-state index contributed by atoms with van der Waals surface area (Å²) < 4.78 is 5.78. The van der Waals surface area contributed by atoms with Crippen LogP contribution in [0.3, 0.4) is 0 Å². The molecule has 0 saturated carbocycles. The Morgan fingerprint density at radius 3 is 2.70 bits per heavy atom. The lowest BCUT2D eigenvalue weighted by Gasteiger charge is -2.32. The Morgan fingerprint density at radius 1 is 1.40 bits per heavy atom. The zero-order valence-electron chi connectivity index (χ0n) is 12.1. The number of amides is 1. The summed E-state index contributed by atoms with van der Waals surface area (Å²) in [6, 6.07) is 3.74. The number of rotatable bonds is 3. The number of likely N-dealkylation sites (tertiary alicyclic amines) is 1. The van der Waals surface area contributed by atoms with Gasteiger partial charge in [-0.05, 0) is 31.4 Å². The highest BCUT2D eigenvalue weighted by Gasteiger charge is 2.36. The van der Waals surface area contributed by atoms with Crippen molar-refractivity contribution in [2.24, 2.45) is 0 Å². The molecule has 2 fully saturated rings. The molecule has 1 aromatic rings. The van der Waals surface area contributed by atoms with Crippen LogP contribution in [0.25, 0.3) is 0 Å². The predicted molar refractivity (Wildman–Crippen MR) is 77.0 cm³/mol. The molecule has 5 heteroatoms. The lowest BCUT2D eigenvalue weighted by molar-refractivity contribution is -0.0303. The van der Waals surface area contributed by atoms with Crippen LogP contribution in [0.2, 0.25) is 0 Å². The molecular formula is C15H21N3O2. The normalized spacial score (nSPS) is 24.8. The van der Waals surface area contributed by atoms with Crippen molar-refractivity contribution in [3.63, 3.8) is 0 Å². The fraction of sp³-hybridized carbons (Fsp3) is 0.600. The zero-order chi connectivity index (χ0) is 14.1. The first kappa shape index (κ1) is 13.4. The maximum atomic E-state index is 12.7. The summed E-state index contributed by atoms with van der Waals surface area (Å²) in [5.41, 5.74) is 1.67. The molecule has 1 N–H and O–H groups in total. The van der Waals surface area contributed by atoms with Gasteiger partial charge in [0.25, 0.3) is 5.91 Å². The van der Waals surface area contributed by atoms with Gasteiger partial charge in [-0.3, -0.25) is 4.79 Å². The van der Waals surface area contributed by atoms with Crippen molar-refractivity contribution in [2.45, 2.75) is 38.4 Å². The van der Waals surface area contributed by atoms with E-state index >= 15 is 0 Å². The molecular weight excluding hydrogens is 254 g/mol. The third-order valence-electron chi connectivity index (χ3n) is 4.07. The molecule has 2 saturated heterocycles. The van der Waals surface area contributed by atoms with Crippen molar-refractivity contribution in [3.05, 3.63) is 23.4 Å². The molecule has 1 aromatic heterocycles. The number of carbonyl (C=O) groups excluding carboxylic acids is 1. The van der Waals surface area contributed by atoms with Gasteiger partial charge in [0.05, 0.1) is 12.2 Å². The van der Waals surface area contributed by atoms with E-state index in [1.54, 1.807) is 0 Å². The van der Waals surface area contributed by atoms with Crippen LogP contribution in [0.1, 0.15) is 35.8 Å². The van der Waals surface area contributed by atoms with Crippen molar-refractivity contribution in [2.75, 3.05) is 25.5 Å². The minimum absolute atomic E-state index is 0.0961. The molecule has 3 rings (SSSR count).